The highest BCUT2D eigenvalue weighted by atomic mass is 35.5. The summed E-state index contributed by atoms with van der Waals surface area (Å²) in [5.74, 6) is 1.87. The molecule has 0 spiro atoms. The van der Waals surface area contributed by atoms with Gasteiger partial charge < -0.3 is 14.0 Å². The van der Waals surface area contributed by atoms with Crippen molar-refractivity contribution in [3.63, 3.8) is 0 Å². The number of aromatic nitrogens is 2. The van der Waals surface area contributed by atoms with Crippen molar-refractivity contribution in [1.29, 1.82) is 0 Å². The summed E-state index contributed by atoms with van der Waals surface area (Å²) in [5, 5.41) is 4.59. The van der Waals surface area contributed by atoms with E-state index in [1.165, 1.54) is 16.4 Å². The Kier molecular flexibility index (Phi) is 6.68. The van der Waals surface area contributed by atoms with Crippen molar-refractivity contribution < 1.29 is 22.4 Å². The van der Waals surface area contributed by atoms with Crippen molar-refractivity contribution in [3.8, 4) is 22.9 Å². The van der Waals surface area contributed by atoms with E-state index in [1.54, 1.807) is 31.4 Å². The molecule has 0 bridgehead atoms. The van der Waals surface area contributed by atoms with Crippen LogP contribution in [0.2, 0.25) is 5.02 Å². The van der Waals surface area contributed by atoms with E-state index in [4.69, 9.17) is 25.6 Å². The number of nitrogens with zero attached hydrogens (tertiary/aromatic N) is 3. The van der Waals surface area contributed by atoms with E-state index in [1.807, 2.05) is 13.0 Å². The van der Waals surface area contributed by atoms with Crippen molar-refractivity contribution in [2.45, 2.75) is 30.6 Å². The van der Waals surface area contributed by atoms with Gasteiger partial charge in [0.05, 0.1) is 24.5 Å². The molecule has 1 aliphatic rings. The standard InChI is InChI=1S/C22H24ClN3O5S/c1-3-30-19-11-6-15(13-20(19)29-2)21-24-22(31-25-21)16-5-4-12-26(14-16)32(27,28)18-9-7-17(23)8-10-18/h6-11,13,16H,3-5,12,14H2,1-2H3. The Labute approximate surface area is 192 Å². The van der Waals surface area contributed by atoms with Gasteiger partial charge >= 0.3 is 0 Å². The number of hydrogen-bond donors (Lipinski definition) is 0. The van der Waals surface area contributed by atoms with Gasteiger partial charge in [-0.2, -0.15) is 9.29 Å². The number of sulfonamides is 1. The summed E-state index contributed by atoms with van der Waals surface area (Å²) >= 11 is 5.90. The molecule has 4 rings (SSSR count). The molecule has 1 fully saturated rings. The third-order valence-electron chi connectivity index (χ3n) is 5.35. The maximum Gasteiger partial charge on any atom is 0.243 e. The topological polar surface area (TPSA) is 94.8 Å². The van der Waals surface area contributed by atoms with Gasteiger partial charge in [-0.1, -0.05) is 16.8 Å². The van der Waals surface area contributed by atoms with Gasteiger partial charge in [-0.05, 0) is 62.2 Å². The van der Waals surface area contributed by atoms with Crippen LogP contribution in [-0.4, -0.2) is 49.7 Å². The molecule has 1 aromatic heterocycles. The van der Waals surface area contributed by atoms with Crippen LogP contribution in [0.15, 0.2) is 51.9 Å². The summed E-state index contributed by atoms with van der Waals surface area (Å²) in [7, 11) is -2.06. The third kappa shape index (κ3) is 4.60. The summed E-state index contributed by atoms with van der Waals surface area (Å²) in [6.45, 7) is 3.15. The summed E-state index contributed by atoms with van der Waals surface area (Å²) < 4.78 is 44.0. The fourth-order valence-corrected chi connectivity index (χ4v) is 5.37. The highest BCUT2D eigenvalue weighted by Gasteiger charge is 2.33. The number of piperidine rings is 1. The second kappa shape index (κ2) is 9.48. The molecule has 1 atom stereocenters. The Morgan fingerprint density at radius 1 is 1.19 bits per heavy atom. The minimum atomic E-state index is -3.63. The van der Waals surface area contributed by atoms with E-state index in [-0.39, 0.29) is 17.4 Å². The molecule has 2 aromatic carbocycles. The second-order valence-electron chi connectivity index (χ2n) is 7.41. The summed E-state index contributed by atoms with van der Waals surface area (Å²) in [5.41, 5.74) is 0.724. The largest absolute Gasteiger partial charge is 0.493 e. The molecular weight excluding hydrogens is 454 g/mol. The first kappa shape index (κ1) is 22.6. The molecule has 0 amide bonds. The Bertz CT molecular complexity index is 1180. The highest BCUT2D eigenvalue weighted by molar-refractivity contribution is 7.89. The summed E-state index contributed by atoms with van der Waals surface area (Å²) in [6, 6.07) is 11.6. The average molecular weight is 478 g/mol. The zero-order chi connectivity index (χ0) is 22.7. The van der Waals surface area contributed by atoms with E-state index in [0.29, 0.717) is 47.8 Å². The van der Waals surface area contributed by atoms with Gasteiger partial charge in [-0.15, -0.1) is 0 Å². The normalized spacial score (nSPS) is 17.3. The number of methoxy groups -OCH3 is 1. The number of ether oxygens (including phenoxy) is 2. The smallest absolute Gasteiger partial charge is 0.243 e. The van der Waals surface area contributed by atoms with Crippen LogP contribution in [-0.2, 0) is 10.0 Å². The van der Waals surface area contributed by atoms with E-state index < -0.39 is 10.0 Å². The van der Waals surface area contributed by atoms with Crippen LogP contribution in [0.25, 0.3) is 11.4 Å². The van der Waals surface area contributed by atoms with Crippen LogP contribution in [0.5, 0.6) is 11.5 Å². The molecule has 0 aliphatic carbocycles. The van der Waals surface area contributed by atoms with Crippen LogP contribution in [0, 0.1) is 0 Å². The molecule has 1 aliphatic heterocycles. The van der Waals surface area contributed by atoms with Gasteiger partial charge in [0.15, 0.2) is 11.5 Å². The van der Waals surface area contributed by atoms with E-state index in [9.17, 15) is 8.42 Å². The summed E-state index contributed by atoms with van der Waals surface area (Å²) in [4.78, 5) is 4.76. The molecule has 2 heterocycles. The van der Waals surface area contributed by atoms with Crippen LogP contribution in [0.3, 0.4) is 0 Å². The molecule has 32 heavy (non-hydrogen) atoms. The molecular formula is C22H24ClN3O5S. The predicted octanol–water partition coefficient (Wildman–Crippen LogP) is 4.37. The number of rotatable bonds is 7. The maximum absolute atomic E-state index is 13.0. The number of benzene rings is 2. The Balaban J connectivity index is 1.54. The minimum Gasteiger partial charge on any atom is -0.493 e. The Hall–Kier alpha value is -2.62. The molecule has 1 saturated heterocycles. The molecule has 3 aromatic rings. The lowest BCUT2D eigenvalue weighted by molar-refractivity contribution is 0.265. The van der Waals surface area contributed by atoms with Gasteiger partial charge in [-0.3, -0.25) is 0 Å². The minimum absolute atomic E-state index is 0.184. The molecule has 0 radical (unpaired) electrons. The van der Waals surface area contributed by atoms with Crippen LogP contribution in [0.1, 0.15) is 31.6 Å². The van der Waals surface area contributed by atoms with Crippen molar-refractivity contribution >= 4 is 21.6 Å². The predicted molar refractivity (Wildman–Crippen MR) is 120 cm³/mol. The quantitative estimate of drug-likeness (QED) is 0.498. The fourth-order valence-electron chi connectivity index (χ4n) is 3.72. The van der Waals surface area contributed by atoms with Crippen molar-refractivity contribution in [2.24, 2.45) is 0 Å². The third-order valence-corrected chi connectivity index (χ3v) is 7.48. The van der Waals surface area contributed by atoms with Crippen LogP contribution < -0.4 is 9.47 Å². The molecule has 10 heteroatoms. The van der Waals surface area contributed by atoms with Crippen LogP contribution >= 0.6 is 11.6 Å². The second-order valence-corrected chi connectivity index (χ2v) is 9.79. The monoisotopic (exact) mass is 477 g/mol. The van der Waals surface area contributed by atoms with Crippen molar-refractivity contribution in [3.05, 3.63) is 53.4 Å². The lowest BCUT2D eigenvalue weighted by Crippen LogP contribution is -2.39. The number of hydrogen-bond acceptors (Lipinski definition) is 7. The lowest BCUT2D eigenvalue weighted by Gasteiger charge is -2.30. The van der Waals surface area contributed by atoms with E-state index >= 15 is 0 Å². The lowest BCUT2D eigenvalue weighted by atomic mass is 10.00. The highest BCUT2D eigenvalue weighted by Crippen LogP contribution is 2.34. The maximum atomic E-state index is 13.0. The first-order valence-electron chi connectivity index (χ1n) is 10.3. The van der Waals surface area contributed by atoms with Gasteiger partial charge in [-0.25, -0.2) is 8.42 Å². The number of halogens is 1. The van der Waals surface area contributed by atoms with Gasteiger partial charge in [0.2, 0.25) is 21.7 Å². The fraction of sp³-hybridized carbons (Fsp3) is 0.364. The van der Waals surface area contributed by atoms with Crippen molar-refractivity contribution in [2.75, 3.05) is 26.8 Å². The van der Waals surface area contributed by atoms with E-state index in [0.717, 1.165) is 12.0 Å². The van der Waals surface area contributed by atoms with Crippen molar-refractivity contribution in [1.82, 2.24) is 14.4 Å². The average Bonchev–Trinajstić information content (AvgIpc) is 3.30. The molecule has 0 saturated carbocycles. The zero-order valence-electron chi connectivity index (χ0n) is 17.8. The summed E-state index contributed by atoms with van der Waals surface area (Å²) in [6.07, 6.45) is 1.47. The van der Waals surface area contributed by atoms with Crippen LogP contribution in [0.4, 0.5) is 0 Å². The molecule has 1 unspecified atom stereocenters. The molecule has 8 nitrogen and oxygen atoms in total. The van der Waals surface area contributed by atoms with Gasteiger partial charge in [0.25, 0.3) is 0 Å². The van der Waals surface area contributed by atoms with E-state index in [2.05, 4.69) is 10.1 Å². The first-order chi connectivity index (χ1) is 15.4. The Morgan fingerprint density at radius 2 is 1.97 bits per heavy atom. The first-order valence-corrected chi connectivity index (χ1v) is 12.1. The van der Waals surface area contributed by atoms with Gasteiger partial charge in [0.1, 0.15) is 0 Å². The molecule has 0 N–H and O–H groups in total. The Morgan fingerprint density at radius 3 is 2.69 bits per heavy atom. The molecule has 170 valence electrons. The SMILES string of the molecule is CCOc1ccc(-c2noc(C3CCCN(S(=O)(=O)c4ccc(Cl)cc4)C3)n2)cc1OC. The van der Waals surface area contributed by atoms with Gasteiger partial charge in [0, 0.05) is 23.7 Å². The zero-order valence-corrected chi connectivity index (χ0v) is 19.4.